The highest BCUT2D eigenvalue weighted by Gasteiger charge is 2.47. The Morgan fingerprint density at radius 3 is 2.44 bits per heavy atom. The number of nitrogens with one attached hydrogen (secondary N) is 1. The smallest absolute Gasteiger partial charge is 0.245 e. The van der Waals surface area contributed by atoms with Crippen molar-refractivity contribution in [1.29, 1.82) is 0 Å². The molecule has 1 saturated heterocycles. The second-order valence-corrected chi connectivity index (χ2v) is 7.75. The van der Waals surface area contributed by atoms with Crippen molar-refractivity contribution in [2.24, 2.45) is 0 Å². The lowest BCUT2D eigenvalue weighted by Crippen LogP contribution is -2.56. The summed E-state index contributed by atoms with van der Waals surface area (Å²) in [5.41, 5.74) is 0.345. The maximum absolute atomic E-state index is 13.1. The Bertz CT molecular complexity index is 593. The molecule has 0 unspecified atom stereocenters. The molecule has 0 spiro atoms. The molecule has 2 fully saturated rings. The topological polar surface area (TPSA) is 49.4 Å². The maximum Gasteiger partial charge on any atom is 0.245 e. The monoisotopic (exact) mass is 342 g/mol. The van der Waals surface area contributed by atoms with E-state index in [0.717, 1.165) is 18.4 Å². The molecule has 2 aliphatic rings. The first-order valence-corrected chi connectivity index (χ1v) is 9.75. The van der Waals surface area contributed by atoms with E-state index in [1.54, 1.807) is 4.90 Å². The van der Waals surface area contributed by atoms with E-state index in [2.05, 4.69) is 5.32 Å². The molecule has 1 heterocycles. The SMILES string of the molecule is C[C@@]1(C(=O)NC2CCCCCCC2)CCC(=O)N1Cc1ccccc1. The number of nitrogens with zero attached hydrogens (tertiary/aromatic N) is 1. The van der Waals surface area contributed by atoms with Gasteiger partial charge >= 0.3 is 0 Å². The fraction of sp³-hybridized carbons (Fsp3) is 0.619. The van der Waals surface area contributed by atoms with Gasteiger partial charge < -0.3 is 10.2 Å². The van der Waals surface area contributed by atoms with Gasteiger partial charge in [0, 0.05) is 19.0 Å². The molecule has 3 rings (SSSR count). The van der Waals surface area contributed by atoms with E-state index in [1.165, 1.54) is 32.1 Å². The number of rotatable bonds is 4. The molecule has 1 aromatic rings. The molecular weight excluding hydrogens is 312 g/mol. The molecule has 1 saturated carbocycles. The van der Waals surface area contributed by atoms with Crippen LogP contribution in [0.2, 0.25) is 0 Å². The van der Waals surface area contributed by atoms with Crippen molar-refractivity contribution in [2.45, 2.75) is 82.8 Å². The number of carbonyl (C=O) groups excluding carboxylic acids is 2. The van der Waals surface area contributed by atoms with Gasteiger partial charge in [0.25, 0.3) is 0 Å². The van der Waals surface area contributed by atoms with Crippen molar-refractivity contribution in [2.75, 3.05) is 0 Å². The van der Waals surface area contributed by atoms with Crippen molar-refractivity contribution in [3.63, 3.8) is 0 Å². The first kappa shape index (κ1) is 18.0. The van der Waals surface area contributed by atoms with Crippen molar-refractivity contribution < 1.29 is 9.59 Å². The predicted octanol–water partition coefficient (Wildman–Crippen LogP) is 3.80. The van der Waals surface area contributed by atoms with Gasteiger partial charge in [-0.1, -0.05) is 62.4 Å². The lowest BCUT2D eigenvalue weighted by molar-refractivity contribution is -0.141. The highest BCUT2D eigenvalue weighted by Crippen LogP contribution is 2.32. The Morgan fingerprint density at radius 2 is 1.76 bits per heavy atom. The van der Waals surface area contributed by atoms with E-state index >= 15 is 0 Å². The van der Waals surface area contributed by atoms with Crippen LogP contribution in [0.25, 0.3) is 0 Å². The van der Waals surface area contributed by atoms with Gasteiger partial charge in [0.1, 0.15) is 5.54 Å². The molecular formula is C21H30N2O2. The third kappa shape index (κ3) is 4.23. The highest BCUT2D eigenvalue weighted by atomic mass is 16.2. The van der Waals surface area contributed by atoms with Gasteiger partial charge in [-0.3, -0.25) is 9.59 Å². The Kier molecular flexibility index (Phi) is 5.77. The van der Waals surface area contributed by atoms with Crippen LogP contribution in [-0.4, -0.2) is 28.3 Å². The molecule has 2 amide bonds. The number of hydrogen-bond acceptors (Lipinski definition) is 2. The minimum Gasteiger partial charge on any atom is -0.351 e. The first-order valence-electron chi connectivity index (χ1n) is 9.75. The molecule has 0 aromatic heterocycles. The highest BCUT2D eigenvalue weighted by molar-refractivity contribution is 5.94. The van der Waals surface area contributed by atoms with E-state index in [4.69, 9.17) is 0 Å². The second-order valence-electron chi connectivity index (χ2n) is 7.75. The molecule has 4 nitrogen and oxygen atoms in total. The van der Waals surface area contributed by atoms with E-state index in [-0.39, 0.29) is 17.9 Å². The fourth-order valence-electron chi connectivity index (χ4n) is 4.10. The Hall–Kier alpha value is -1.84. The zero-order valence-electron chi connectivity index (χ0n) is 15.3. The summed E-state index contributed by atoms with van der Waals surface area (Å²) >= 11 is 0. The Labute approximate surface area is 151 Å². The van der Waals surface area contributed by atoms with Crippen molar-refractivity contribution >= 4 is 11.8 Å². The van der Waals surface area contributed by atoms with Crippen LogP contribution in [0.1, 0.15) is 70.3 Å². The number of amides is 2. The third-order valence-electron chi connectivity index (χ3n) is 5.84. The molecule has 25 heavy (non-hydrogen) atoms. The predicted molar refractivity (Wildman–Crippen MR) is 98.9 cm³/mol. The second kappa shape index (κ2) is 8.03. The van der Waals surface area contributed by atoms with Gasteiger partial charge in [0.2, 0.25) is 11.8 Å². The standard InChI is InChI=1S/C21H30N2O2/c1-21(20(25)22-18-12-8-3-2-4-9-13-18)15-14-19(24)23(21)16-17-10-6-5-7-11-17/h5-7,10-11,18H,2-4,8-9,12-16H2,1H3,(H,22,25)/t21-/m0/s1. The largest absolute Gasteiger partial charge is 0.351 e. The lowest BCUT2D eigenvalue weighted by atomic mass is 9.93. The Morgan fingerprint density at radius 1 is 1.12 bits per heavy atom. The van der Waals surface area contributed by atoms with Crippen LogP contribution in [0.5, 0.6) is 0 Å². The average molecular weight is 342 g/mol. The quantitative estimate of drug-likeness (QED) is 0.905. The van der Waals surface area contributed by atoms with Gasteiger partial charge in [-0.2, -0.15) is 0 Å². The van der Waals surface area contributed by atoms with Crippen molar-refractivity contribution in [3.05, 3.63) is 35.9 Å². The normalized spacial score (nSPS) is 25.5. The molecule has 4 heteroatoms. The van der Waals surface area contributed by atoms with Crippen LogP contribution in [-0.2, 0) is 16.1 Å². The van der Waals surface area contributed by atoms with Crippen LogP contribution in [0.15, 0.2) is 30.3 Å². The minimum atomic E-state index is -0.727. The lowest BCUT2D eigenvalue weighted by Gasteiger charge is -2.35. The molecule has 1 aromatic carbocycles. The minimum absolute atomic E-state index is 0.0276. The van der Waals surface area contributed by atoms with E-state index in [9.17, 15) is 9.59 Å². The average Bonchev–Trinajstić information content (AvgIpc) is 2.88. The summed E-state index contributed by atoms with van der Waals surface area (Å²) in [7, 11) is 0. The summed E-state index contributed by atoms with van der Waals surface area (Å²) < 4.78 is 0. The van der Waals surface area contributed by atoms with Gasteiger partial charge in [-0.15, -0.1) is 0 Å². The van der Waals surface area contributed by atoms with Gasteiger partial charge in [0.15, 0.2) is 0 Å². The molecule has 1 aliphatic heterocycles. The number of carbonyl (C=O) groups is 2. The van der Waals surface area contributed by atoms with Crippen molar-refractivity contribution in [3.8, 4) is 0 Å². The van der Waals surface area contributed by atoms with E-state index in [1.807, 2.05) is 37.3 Å². The molecule has 0 radical (unpaired) electrons. The first-order chi connectivity index (χ1) is 12.1. The van der Waals surface area contributed by atoms with E-state index in [0.29, 0.717) is 19.4 Å². The zero-order valence-corrected chi connectivity index (χ0v) is 15.3. The molecule has 1 atom stereocenters. The molecule has 0 bridgehead atoms. The van der Waals surface area contributed by atoms with Crippen LogP contribution in [0, 0.1) is 0 Å². The third-order valence-corrected chi connectivity index (χ3v) is 5.84. The van der Waals surface area contributed by atoms with E-state index < -0.39 is 5.54 Å². The summed E-state index contributed by atoms with van der Waals surface area (Å²) in [6.07, 6.45) is 9.42. The summed E-state index contributed by atoms with van der Waals surface area (Å²) in [5.74, 6) is 0.110. The summed E-state index contributed by atoms with van der Waals surface area (Å²) in [6, 6.07) is 10.2. The van der Waals surface area contributed by atoms with Crippen LogP contribution < -0.4 is 5.32 Å². The molecule has 136 valence electrons. The summed E-state index contributed by atoms with van der Waals surface area (Å²) in [6.45, 7) is 2.44. The zero-order chi connectivity index (χ0) is 17.7. The molecule has 1 aliphatic carbocycles. The van der Waals surface area contributed by atoms with Gasteiger partial charge in [0.05, 0.1) is 0 Å². The summed E-state index contributed by atoms with van der Waals surface area (Å²) in [4.78, 5) is 27.3. The molecule has 1 N–H and O–H groups in total. The summed E-state index contributed by atoms with van der Waals surface area (Å²) in [5, 5.41) is 3.27. The van der Waals surface area contributed by atoms with Crippen LogP contribution in [0.3, 0.4) is 0 Å². The fourth-order valence-corrected chi connectivity index (χ4v) is 4.10. The Balaban J connectivity index is 1.68. The van der Waals surface area contributed by atoms with Crippen LogP contribution in [0.4, 0.5) is 0 Å². The number of benzene rings is 1. The maximum atomic E-state index is 13.1. The van der Waals surface area contributed by atoms with Crippen molar-refractivity contribution in [1.82, 2.24) is 10.2 Å². The number of hydrogen-bond donors (Lipinski definition) is 1. The van der Waals surface area contributed by atoms with Crippen LogP contribution >= 0.6 is 0 Å². The van der Waals surface area contributed by atoms with Gasteiger partial charge in [-0.25, -0.2) is 0 Å². The number of likely N-dealkylation sites (tertiary alicyclic amines) is 1. The van der Waals surface area contributed by atoms with Gasteiger partial charge in [-0.05, 0) is 31.7 Å².